The fourth-order valence-electron chi connectivity index (χ4n) is 1.50. The van der Waals surface area contributed by atoms with Gasteiger partial charge in [-0.15, -0.1) is 21.5 Å². The standard InChI is InChI=1S/C9H10N4S/c1-6-10-4-8(14-6)9-12-11-5-13(9)7-2-3-7/h4-5,7H,2-3H2,1H3. The van der Waals surface area contributed by atoms with E-state index in [1.54, 1.807) is 11.3 Å². The van der Waals surface area contributed by atoms with Crippen LogP contribution in [-0.2, 0) is 0 Å². The summed E-state index contributed by atoms with van der Waals surface area (Å²) in [5.74, 6) is 0.970. The Morgan fingerprint density at radius 1 is 1.50 bits per heavy atom. The van der Waals surface area contributed by atoms with Crippen LogP contribution in [0.3, 0.4) is 0 Å². The maximum atomic E-state index is 4.23. The van der Waals surface area contributed by atoms with E-state index in [2.05, 4.69) is 19.7 Å². The number of aromatic nitrogens is 4. The molecule has 2 aromatic rings. The summed E-state index contributed by atoms with van der Waals surface area (Å²) in [6, 6.07) is 0.627. The first-order valence-electron chi connectivity index (χ1n) is 4.67. The van der Waals surface area contributed by atoms with Crippen molar-refractivity contribution in [3.8, 4) is 10.7 Å². The minimum Gasteiger partial charge on any atom is -0.310 e. The molecule has 2 aromatic heterocycles. The van der Waals surface area contributed by atoms with Crippen molar-refractivity contribution >= 4 is 11.3 Å². The highest BCUT2D eigenvalue weighted by atomic mass is 32.1. The van der Waals surface area contributed by atoms with Crippen molar-refractivity contribution in [2.75, 3.05) is 0 Å². The minimum absolute atomic E-state index is 0.627. The zero-order valence-corrected chi connectivity index (χ0v) is 8.66. The van der Waals surface area contributed by atoms with Crippen molar-refractivity contribution in [2.24, 2.45) is 0 Å². The molecule has 1 fully saturated rings. The smallest absolute Gasteiger partial charge is 0.175 e. The molecular weight excluding hydrogens is 196 g/mol. The third-order valence-corrected chi connectivity index (χ3v) is 3.26. The maximum absolute atomic E-state index is 4.23. The van der Waals surface area contributed by atoms with Crippen LogP contribution in [0.5, 0.6) is 0 Å². The van der Waals surface area contributed by atoms with Gasteiger partial charge in [-0.1, -0.05) is 0 Å². The summed E-state index contributed by atoms with van der Waals surface area (Å²) in [6.45, 7) is 2.01. The molecule has 1 aliphatic rings. The Morgan fingerprint density at radius 2 is 2.36 bits per heavy atom. The van der Waals surface area contributed by atoms with Gasteiger partial charge in [-0.25, -0.2) is 4.98 Å². The molecule has 0 atom stereocenters. The van der Waals surface area contributed by atoms with Crippen LogP contribution in [0.15, 0.2) is 12.5 Å². The van der Waals surface area contributed by atoms with Crippen LogP contribution in [-0.4, -0.2) is 19.7 Å². The molecule has 1 aliphatic carbocycles. The highest BCUT2D eigenvalue weighted by Gasteiger charge is 2.26. The van der Waals surface area contributed by atoms with Gasteiger partial charge in [-0.2, -0.15) is 0 Å². The van der Waals surface area contributed by atoms with Crippen molar-refractivity contribution in [3.63, 3.8) is 0 Å². The van der Waals surface area contributed by atoms with E-state index in [4.69, 9.17) is 0 Å². The van der Waals surface area contributed by atoms with E-state index in [0.29, 0.717) is 6.04 Å². The molecule has 0 saturated heterocycles. The summed E-state index contributed by atoms with van der Waals surface area (Å²) >= 11 is 1.67. The number of hydrogen-bond donors (Lipinski definition) is 0. The van der Waals surface area contributed by atoms with Gasteiger partial charge in [-0.3, -0.25) is 0 Å². The lowest BCUT2D eigenvalue weighted by Gasteiger charge is -2.00. The highest BCUT2D eigenvalue weighted by Crippen LogP contribution is 2.38. The minimum atomic E-state index is 0.627. The van der Waals surface area contributed by atoms with Gasteiger partial charge in [0.05, 0.1) is 9.88 Å². The molecule has 5 heteroatoms. The van der Waals surface area contributed by atoms with Gasteiger partial charge < -0.3 is 4.57 Å². The molecule has 4 nitrogen and oxygen atoms in total. The Balaban J connectivity index is 2.06. The first-order chi connectivity index (χ1) is 6.84. The molecule has 0 N–H and O–H groups in total. The monoisotopic (exact) mass is 206 g/mol. The lowest BCUT2D eigenvalue weighted by Crippen LogP contribution is -1.93. The van der Waals surface area contributed by atoms with Crippen molar-refractivity contribution in [2.45, 2.75) is 25.8 Å². The van der Waals surface area contributed by atoms with E-state index >= 15 is 0 Å². The zero-order valence-electron chi connectivity index (χ0n) is 7.84. The van der Waals surface area contributed by atoms with Crippen molar-refractivity contribution in [3.05, 3.63) is 17.5 Å². The molecule has 0 spiro atoms. The second kappa shape index (κ2) is 2.88. The van der Waals surface area contributed by atoms with Crippen LogP contribution < -0.4 is 0 Å². The average molecular weight is 206 g/mol. The van der Waals surface area contributed by atoms with Gasteiger partial charge in [0, 0.05) is 12.2 Å². The lowest BCUT2D eigenvalue weighted by molar-refractivity contribution is 0.747. The van der Waals surface area contributed by atoms with Gasteiger partial charge in [0.1, 0.15) is 6.33 Å². The van der Waals surface area contributed by atoms with Crippen molar-refractivity contribution in [1.29, 1.82) is 0 Å². The summed E-state index contributed by atoms with van der Waals surface area (Å²) in [6.07, 6.45) is 6.20. The van der Waals surface area contributed by atoms with Gasteiger partial charge >= 0.3 is 0 Å². The zero-order chi connectivity index (χ0) is 9.54. The van der Waals surface area contributed by atoms with Gasteiger partial charge in [-0.05, 0) is 19.8 Å². The third kappa shape index (κ3) is 1.24. The fraction of sp³-hybridized carbons (Fsp3) is 0.444. The Bertz CT molecular complexity index is 455. The molecule has 0 amide bonds. The molecule has 0 bridgehead atoms. The normalized spacial score (nSPS) is 16.1. The molecule has 0 aliphatic heterocycles. The summed E-state index contributed by atoms with van der Waals surface area (Å²) in [5.41, 5.74) is 0. The predicted octanol–water partition coefficient (Wildman–Crippen LogP) is 2.04. The number of nitrogens with zero attached hydrogens (tertiary/aromatic N) is 4. The second-order valence-corrected chi connectivity index (χ2v) is 4.77. The van der Waals surface area contributed by atoms with E-state index in [-0.39, 0.29) is 0 Å². The van der Waals surface area contributed by atoms with Crippen LogP contribution in [0, 0.1) is 6.92 Å². The Morgan fingerprint density at radius 3 is 3.00 bits per heavy atom. The maximum Gasteiger partial charge on any atom is 0.175 e. The number of rotatable bonds is 2. The van der Waals surface area contributed by atoms with E-state index in [1.165, 1.54) is 12.8 Å². The molecule has 1 saturated carbocycles. The van der Waals surface area contributed by atoms with Crippen LogP contribution in [0.4, 0.5) is 0 Å². The topological polar surface area (TPSA) is 43.6 Å². The van der Waals surface area contributed by atoms with Crippen LogP contribution >= 0.6 is 11.3 Å². The fourth-order valence-corrected chi connectivity index (χ4v) is 2.27. The third-order valence-electron chi connectivity index (χ3n) is 2.35. The summed E-state index contributed by atoms with van der Waals surface area (Å²) in [4.78, 5) is 5.35. The molecular formula is C9H10N4S. The number of hydrogen-bond acceptors (Lipinski definition) is 4. The quantitative estimate of drug-likeness (QED) is 0.755. The SMILES string of the molecule is Cc1ncc(-c2nncn2C2CC2)s1. The molecule has 72 valence electrons. The first kappa shape index (κ1) is 8.11. The molecule has 0 radical (unpaired) electrons. The van der Waals surface area contributed by atoms with E-state index in [1.807, 2.05) is 19.4 Å². The number of thiazole rings is 1. The molecule has 0 aromatic carbocycles. The van der Waals surface area contributed by atoms with E-state index in [0.717, 1.165) is 15.7 Å². The Hall–Kier alpha value is -1.23. The predicted molar refractivity (Wildman–Crippen MR) is 54.1 cm³/mol. The Kier molecular flexibility index (Phi) is 1.67. The van der Waals surface area contributed by atoms with Gasteiger partial charge in [0.2, 0.25) is 0 Å². The summed E-state index contributed by atoms with van der Waals surface area (Å²) in [5, 5.41) is 9.18. The molecule has 14 heavy (non-hydrogen) atoms. The Labute approximate surface area is 85.6 Å². The average Bonchev–Trinajstić information content (AvgIpc) is 2.75. The lowest BCUT2D eigenvalue weighted by atomic mass is 10.5. The number of aryl methyl sites for hydroxylation is 1. The second-order valence-electron chi connectivity index (χ2n) is 3.54. The van der Waals surface area contributed by atoms with Crippen LogP contribution in [0.2, 0.25) is 0 Å². The van der Waals surface area contributed by atoms with Crippen LogP contribution in [0.25, 0.3) is 10.7 Å². The van der Waals surface area contributed by atoms with Crippen molar-refractivity contribution < 1.29 is 0 Å². The largest absolute Gasteiger partial charge is 0.310 e. The highest BCUT2D eigenvalue weighted by molar-refractivity contribution is 7.14. The molecule has 3 rings (SSSR count). The van der Waals surface area contributed by atoms with Crippen molar-refractivity contribution in [1.82, 2.24) is 19.7 Å². The van der Waals surface area contributed by atoms with Crippen LogP contribution in [0.1, 0.15) is 23.9 Å². The molecule has 2 heterocycles. The van der Waals surface area contributed by atoms with E-state index in [9.17, 15) is 0 Å². The summed E-state index contributed by atoms with van der Waals surface area (Å²) < 4.78 is 2.16. The molecule has 0 unspecified atom stereocenters. The van der Waals surface area contributed by atoms with Gasteiger partial charge in [0.15, 0.2) is 5.82 Å². The van der Waals surface area contributed by atoms with E-state index < -0.39 is 0 Å². The van der Waals surface area contributed by atoms with Gasteiger partial charge in [0.25, 0.3) is 0 Å². The summed E-state index contributed by atoms with van der Waals surface area (Å²) in [7, 11) is 0. The first-order valence-corrected chi connectivity index (χ1v) is 5.48.